The van der Waals surface area contributed by atoms with Crippen LogP contribution in [-0.2, 0) is 9.53 Å². The molecule has 1 aliphatic carbocycles. The Morgan fingerprint density at radius 2 is 1.89 bits per heavy atom. The molecule has 0 bridgehead atoms. The van der Waals surface area contributed by atoms with Crippen molar-refractivity contribution in [1.29, 1.82) is 0 Å². The molecule has 1 saturated heterocycles. The van der Waals surface area contributed by atoms with Gasteiger partial charge in [0, 0.05) is 26.3 Å². The highest BCUT2D eigenvalue weighted by molar-refractivity contribution is 5.85. The van der Waals surface area contributed by atoms with Crippen molar-refractivity contribution in [2.75, 3.05) is 26.3 Å². The largest absolute Gasteiger partial charge is 0.381 e. The first-order chi connectivity index (χ1) is 8.77. The van der Waals surface area contributed by atoms with Crippen molar-refractivity contribution in [3.05, 3.63) is 0 Å². The third-order valence-electron chi connectivity index (χ3n) is 4.64. The van der Waals surface area contributed by atoms with Gasteiger partial charge in [-0.3, -0.25) is 4.79 Å². The van der Waals surface area contributed by atoms with Crippen LogP contribution < -0.4 is 11.1 Å². The lowest BCUT2D eigenvalue weighted by molar-refractivity contribution is -0.135. The van der Waals surface area contributed by atoms with Crippen LogP contribution in [0.1, 0.15) is 44.9 Å². The van der Waals surface area contributed by atoms with Crippen LogP contribution in [0.15, 0.2) is 0 Å². The molecule has 0 aromatic rings. The van der Waals surface area contributed by atoms with Crippen LogP contribution in [0.25, 0.3) is 0 Å². The Morgan fingerprint density at radius 1 is 1.26 bits per heavy atom. The molecule has 4 nitrogen and oxygen atoms in total. The van der Waals surface area contributed by atoms with Crippen LogP contribution in [0.4, 0.5) is 0 Å². The molecule has 1 saturated carbocycles. The number of halogens is 1. The summed E-state index contributed by atoms with van der Waals surface area (Å²) in [6, 6.07) is 0. The van der Waals surface area contributed by atoms with Crippen LogP contribution in [0, 0.1) is 11.3 Å². The van der Waals surface area contributed by atoms with Crippen molar-refractivity contribution in [3.8, 4) is 0 Å². The predicted octanol–water partition coefficient (Wildman–Crippen LogP) is 1.86. The molecule has 1 aliphatic heterocycles. The quantitative estimate of drug-likeness (QED) is 0.812. The zero-order valence-corrected chi connectivity index (χ0v) is 12.5. The van der Waals surface area contributed by atoms with Gasteiger partial charge in [0.15, 0.2) is 0 Å². The Hall–Kier alpha value is -0.320. The Labute approximate surface area is 122 Å². The molecule has 2 aliphatic rings. The maximum atomic E-state index is 12.3. The smallest absolute Gasteiger partial charge is 0.227 e. The van der Waals surface area contributed by atoms with Crippen molar-refractivity contribution >= 4 is 18.3 Å². The molecule has 1 amide bonds. The maximum absolute atomic E-state index is 12.3. The predicted molar refractivity (Wildman–Crippen MR) is 78.4 cm³/mol. The summed E-state index contributed by atoms with van der Waals surface area (Å²) in [6.07, 6.45) is 8.06. The fraction of sp³-hybridized carbons (Fsp3) is 0.929. The van der Waals surface area contributed by atoms with E-state index in [0.717, 1.165) is 31.7 Å². The summed E-state index contributed by atoms with van der Waals surface area (Å²) in [5.41, 5.74) is 5.45. The SMILES string of the molecule is Cl.NCC1(C(=O)NCCC2CCCC2)CCOCC1. The monoisotopic (exact) mass is 290 g/mol. The number of nitrogens with two attached hydrogens (primary N) is 1. The topological polar surface area (TPSA) is 64.4 Å². The highest BCUT2D eigenvalue weighted by Crippen LogP contribution is 2.30. The van der Waals surface area contributed by atoms with Crippen LogP contribution >= 0.6 is 12.4 Å². The van der Waals surface area contributed by atoms with E-state index in [1.165, 1.54) is 25.7 Å². The number of rotatable bonds is 5. The Balaban J connectivity index is 0.00000180. The van der Waals surface area contributed by atoms with Crippen molar-refractivity contribution in [2.45, 2.75) is 44.9 Å². The van der Waals surface area contributed by atoms with Gasteiger partial charge < -0.3 is 15.8 Å². The van der Waals surface area contributed by atoms with Gasteiger partial charge in [-0.2, -0.15) is 0 Å². The first kappa shape index (κ1) is 16.7. The van der Waals surface area contributed by atoms with Crippen LogP contribution in [0.3, 0.4) is 0 Å². The second-order valence-electron chi connectivity index (χ2n) is 5.79. The normalized spacial score (nSPS) is 22.8. The molecular formula is C14H27ClN2O2. The molecule has 0 radical (unpaired) electrons. The zero-order valence-electron chi connectivity index (χ0n) is 11.7. The highest BCUT2D eigenvalue weighted by Gasteiger charge is 2.38. The molecule has 2 fully saturated rings. The molecule has 0 aromatic heterocycles. The van der Waals surface area contributed by atoms with E-state index in [-0.39, 0.29) is 23.7 Å². The van der Waals surface area contributed by atoms with E-state index < -0.39 is 0 Å². The van der Waals surface area contributed by atoms with E-state index in [4.69, 9.17) is 10.5 Å². The average Bonchev–Trinajstić information content (AvgIpc) is 2.92. The van der Waals surface area contributed by atoms with Gasteiger partial charge in [0.05, 0.1) is 5.41 Å². The van der Waals surface area contributed by atoms with E-state index in [2.05, 4.69) is 5.32 Å². The van der Waals surface area contributed by atoms with Crippen LogP contribution in [0.2, 0.25) is 0 Å². The van der Waals surface area contributed by atoms with Gasteiger partial charge in [0.25, 0.3) is 0 Å². The van der Waals surface area contributed by atoms with Gasteiger partial charge in [-0.1, -0.05) is 25.7 Å². The number of nitrogens with one attached hydrogen (secondary N) is 1. The summed E-state index contributed by atoms with van der Waals surface area (Å²) in [6.45, 7) is 2.57. The van der Waals surface area contributed by atoms with Crippen LogP contribution in [-0.4, -0.2) is 32.2 Å². The summed E-state index contributed by atoms with van der Waals surface area (Å²) < 4.78 is 5.33. The standard InChI is InChI=1S/C14H26N2O2.ClH/c15-11-14(6-9-18-10-7-14)13(17)16-8-5-12-3-1-2-4-12;/h12H,1-11,15H2,(H,16,17);1H. The molecule has 1 heterocycles. The van der Waals surface area contributed by atoms with E-state index >= 15 is 0 Å². The van der Waals surface area contributed by atoms with Gasteiger partial charge in [-0.25, -0.2) is 0 Å². The van der Waals surface area contributed by atoms with Crippen molar-refractivity contribution in [2.24, 2.45) is 17.1 Å². The van der Waals surface area contributed by atoms with Crippen molar-refractivity contribution in [3.63, 3.8) is 0 Å². The third-order valence-corrected chi connectivity index (χ3v) is 4.64. The minimum absolute atomic E-state index is 0. The first-order valence-corrected chi connectivity index (χ1v) is 7.33. The first-order valence-electron chi connectivity index (χ1n) is 7.33. The van der Waals surface area contributed by atoms with E-state index in [1.54, 1.807) is 0 Å². The summed E-state index contributed by atoms with van der Waals surface area (Å²) >= 11 is 0. The molecule has 0 aromatic carbocycles. The molecule has 5 heteroatoms. The number of carbonyl (C=O) groups excluding carboxylic acids is 1. The number of hydrogen-bond donors (Lipinski definition) is 2. The Kier molecular flexibility index (Phi) is 7.11. The van der Waals surface area contributed by atoms with Gasteiger partial charge >= 0.3 is 0 Å². The summed E-state index contributed by atoms with van der Waals surface area (Å²) in [7, 11) is 0. The van der Waals surface area contributed by atoms with E-state index in [0.29, 0.717) is 19.8 Å². The van der Waals surface area contributed by atoms with Gasteiger partial charge in [0.1, 0.15) is 0 Å². The fourth-order valence-electron chi connectivity index (χ4n) is 3.16. The molecular weight excluding hydrogens is 264 g/mol. The lowest BCUT2D eigenvalue weighted by Crippen LogP contribution is -2.49. The number of hydrogen-bond acceptors (Lipinski definition) is 3. The van der Waals surface area contributed by atoms with Gasteiger partial charge in [-0.05, 0) is 25.2 Å². The molecule has 0 atom stereocenters. The summed E-state index contributed by atoms with van der Waals surface area (Å²) in [5, 5.41) is 3.10. The molecule has 2 rings (SSSR count). The van der Waals surface area contributed by atoms with E-state index in [9.17, 15) is 4.79 Å². The second kappa shape index (κ2) is 8.08. The average molecular weight is 291 g/mol. The van der Waals surface area contributed by atoms with Crippen molar-refractivity contribution < 1.29 is 9.53 Å². The van der Waals surface area contributed by atoms with Crippen LogP contribution in [0.5, 0.6) is 0 Å². The minimum atomic E-state index is -0.367. The van der Waals surface area contributed by atoms with E-state index in [1.807, 2.05) is 0 Å². The molecule has 0 unspecified atom stereocenters. The lowest BCUT2D eigenvalue weighted by atomic mass is 9.79. The highest BCUT2D eigenvalue weighted by atomic mass is 35.5. The van der Waals surface area contributed by atoms with Crippen molar-refractivity contribution in [1.82, 2.24) is 5.32 Å². The Bertz CT molecular complexity index is 275. The number of carbonyl (C=O) groups is 1. The Morgan fingerprint density at radius 3 is 2.47 bits per heavy atom. The molecule has 112 valence electrons. The van der Waals surface area contributed by atoms with Gasteiger partial charge in [0.2, 0.25) is 5.91 Å². The fourth-order valence-corrected chi connectivity index (χ4v) is 3.16. The summed E-state index contributed by atoms with van der Waals surface area (Å²) in [5.74, 6) is 0.972. The van der Waals surface area contributed by atoms with Gasteiger partial charge in [-0.15, -0.1) is 12.4 Å². The molecule has 3 N–H and O–H groups in total. The third kappa shape index (κ3) is 4.33. The summed E-state index contributed by atoms with van der Waals surface area (Å²) in [4.78, 5) is 12.3. The zero-order chi connectivity index (χ0) is 12.8. The minimum Gasteiger partial charge on any atom is -0.381 e. The second-order valence-corrected chi connectivity index (χ2v) is 5.79. The number of amides is 1. The molecule has 19 heavy (non-hydrogen) atoms. The lowest BCUT2D eigenvalue weighted by Gasteiger charge is -2.34. The molecule has 0 spiro atoms. The maximum Gasteiger partial charge on any atom is 0.227 e. The number of ether oxygens (including phenoxy) is 1.